The van der Waals surface area contributed by atoms with E-state index >= 15 is 0 Å². The van der Waals surface area contributed by atoms with E-state index in [-0.39, 0.29) is 35.6 Å². The summed E-state index contributed by atoms with van der Waals surface area (Å²) in [5.74, 6) is 0. The minimum atomic E-state index is 0. The molecular weight excluding hydrogens is 701 g/mol. The maximum atomic E-state index is 5.98. The molecule has 228 valence electrons. The maximum Gasteiger partial charge on any atom is -0.109 e. The number of halogens is 4. The van der Waals surface area contributed by atoms with Crippen LogP contribution in [-0.4, -0.2) is 3.21 Å². The largest absolute Gasteiger partial charge is 0.273 e. The summed E-state index contributed by atoms with van der Waals surface area (Å²) in [4.78, 5) is 0. The van der Waals surface area contributed by atoms with E-state index in [9.17, 15) is 0 Å². The third-order valence-electron chi connectivity index (χ3n) is 7.28. The molecule has 0 saturated carbocycles. The number of hydrogen-bond acceptors (Lipinski definition) is 0. The van der Waals surface area contributed by atoms with E-state index in [0.29, 0.717) is 0 Å². The van der Waals surface area contributed by atoms with E-state index in [2.05, 4.69) is 102 Å². The molecule has 0 heterocycles. The molecule has 0 atom stereocenters. The van der Waals surface area contributed by atoms with Crippen LogP contribution >= 0.6 is 48.0 Å². The van der Waals surface area contributed by atoms with Gasteiger partial charge in [0.1, 0.15) is 0 Å². The fourth-order valence-corrected chi connectivity index (χ4v) is 5.97. The normalized spacial score (nSPS) is 12.4. The van der Waals surface area contributed by atoms with Crippen molar-refractivity contribution >= 4 is 51.2 Å². The van der Waals surface area contributed by atoms with Crippen LogP contribution in [0.2, 0.25) is 10.0 Å². The van der Waals surface area contributed by atoms with E-state index in [0.717, 1.165) is 34.0 Å². The maximum absolute atomic E-state index is 5.98. The van der Waals surface area contributed by atoms with Gasteiger partial charge in [0.15, 0.2) is 0 Å². The summed E-state index contributed by atoms with van der Waals surface area (Å²) >= 11 is 13.3. The molecule has 0 aliphatic heterocycles. The third-order valence-corrected chi connectivity index (χ3v) is 9.17. The number of rotatable bonds is 2. The molecule has 0 N–H and O–H groups in total. The second kappa shape index (κ2) is 16.7. The molecule has 0 aromatic heterocycles. The van der Waals surface area contributed by atoms with Gasteiger partial charge in [-0.05, 0) is 28.4 Å². The van der Waals surface area contributed by atoms with Crippen LogP contribution in [0, 0.1) is 12.1 Å². The first-order chi connectivity index (χ1) is 19.8. The summed E-state index contributed by atoms with van der Waals surface area (Å²) in [5, 5.41) is 1.53. The number of benzene rings is 4. The minimum Gasteiger partial charge on any atom is -0.273 e. The SMILES string of the molecule is CC(C)(C)c1[c-]c2c(cc1)-c1ccc(C(C)(C)C)cc1C2.Cl.Cl.Clc1cccc([C](=[Zr+2])c2cccc(Cl)c2)c1.[C-]1=CC=CC1. The van der Waals surface area contributed by atoms with Crippen LogP contribution in [0.4, 0.5) is 0 Å². The van der Waals surface area contributed by atoms with E-state index < -0.39 is 0 Å². The van der Waals surface area contributed by atoms with E-state index in [4.69, 9.17) is 23.2 Å². The predicted molar refractivity (Wildman–Crippen MR) is 193 cm³/mol. The topological polar surface area (TPSA) is 0 Å². The molecule has 2 aliphatic carbocycles. The number of allylic oxidation sites excluding steroid dienone is 4. The van der Waals surface area contributed by atoms with Gasteiger partial charge in [-0.3, -0.25) is 6.08 Å². The fourth-order valence-electron chi connectivity index (χ4n) is 4.82. The summed E-state index contributed by atoms with van der Waals surface area (Å²) in [6, 6.07) is 31.0. The number of fused-ring (bicyclic) bond motifs is 3. The Balaban J connectivity index is 0.000000260. The van der Waals surface area contributed by atoms with Gasteiger partial charge in [-0.15, -0.1) is 42.4 Å². The molecule has 0 saturated heterocycles. The smallest absolute Gasteiger partial charge is 0.109 e. The molecule has 0 fully saturated rings. The zero-order valence-corrected chi connectivity index (χ0v) is 31.8. The second-order valence-corrected chi connectivity index (χ2v) is 14.8. The van der Waals surface area contributed by atoms with Crippen molar-refractivity contribution in [2.24, 2.45) is 0 Å². The monoisotopic (exact) mass is 738 g/mol. The molecule has 0 radical (unpaired) electrons. The third kappa shape index (κ3) is 10.4. The molecule has 0 spiro atoms. The second-order valence-electron chi connectivity index (χ2n) is 12.7. The Labute approximate surface area is 302 Å². The Kier molecular flexibility index (Phi) is 14.6. The van der Waals surface area contributed by atoms with Crippen LogP contribution < -0.4 is 0 Å². The summed E-state index contributed by atoms with van der Waals surface area (Å²) in [6.07, 6.45) is 11.0. The molecule has 5 heteroatoms. The van der Waals surface area contributed by atoms with Crippen molar-refractivity contribution in [3.63, 3.8) is 0 Å². The zero-order valence-electron chi connectivity index (χ0n) is 26.2. The Hall–Kier alpha value is -1.73. The van der Waals surface area contributed by atoms with Gasteiger partial charge in [-0.2, -0.15) is 29.8 Å². The van der Waals surface area contributed by atoms with Crippen LogP contribution in [0.5, 0.6) is 0 Å². The molecule has 2 aliphatic rings. The van der Waals surface area contributed by atoms with Gasteiger partial charge in [0.05, 0.1) is 0 Å². The summed E-state index contributed by atoms with van der Waals surface area (Å²) in [6.45, 7) is 13.6. The van der Waals surface area contributed by atoms with Gasteiger partial charge >= 0.3 is 120 Å². The minimum absolute atomic E-state index is 0. The van der Waals surface area contributed by atoms with Crippen LogP contribution in [0.3, 0.4) is 0 Å². The predicted octanol–water partition coefficient (Wildman–Crippen LogP) is 11.9. The van der Waals surface area contributed by atoms with Crippen molar-refractivity contribution in [1.82, 2.24) is 0 Å². The first-order valence-corrected chi connectivity index (χ1v) is 16.3. The average Bonchev–Trinajstić information content (AvgIpc) is 3.63. The fraction of sp³-hybridized carbons (Fsp3) is 0.256. The Bertz CT molecular complexity index is 1520. The molecule has 0 nitrogen and oxygen atoms in total. The Morgan fingerprint density at radius 2 is 1.32 bits per heavy atom. The van der Waals surface area contributed by atoms with Crippen LogP contribution in [-0.2, 0) is 41.5 Å². The summed E-state index contributed by atoms with van der Waals surface area (Å²) < 4.78 is 1.26. The van der Waals surface area contributed by atoms with Crippen molar-refractivity contribution < 1.29 is 24.2 Å². The Morgan fingerprint density at radius 3 is 1.77 bits per heavy atom. The van der Waals surface area contributed by atoms with Crippen molar-refractivity contribution in [2.75, 3.05) is 0 Å². The van der Waals surface area contributed by atoms with Gasteiger partial charge in [-0.1, -0.05) is 65.3 Å². The molecule has 0 amide bonds. The molecular formula is C39H40Cl4Zr. The van der Waals surface area contributed by atoms with Gasteiger partial charge in [0.2, 0.25) is 0 Å². The van der Waals surface area contributed by atoms with Gasteiger partial charge in [0, 0.05) is 0 Å². The molecule has 4 aromatic rings. The molecule has 0 bridgehead atoms. The van der Waals surface area contributed by atoms with Crippen LogP contribution in [0.15, 0.2) is 97.1 Å². The van der Waals surface area contributed by atoms with E-state index in [1.165, 1.54) is 60.8 Å². The van der Waals surface area contributed by atoms with Crippen LogP contribution in [0.25, 0.3) is 11.1 Å². The molecule has 0 unspecified atom stereocenters. The van der Waals surface area contributed by atoms with Crippen LogP contribution in [0.1, 0.15) is 81.3 Å². The van der Waals surface area contributed by atoms with Crippen molar-refractivity contribution in [3.05, 3.63) is 153 Å². The molecule has 4 aromatic carbocycles. The summed E-state index contributed by atoms with van der Waals surface area (Å²) in [7, 11) is 0. The van der Waals surface area contributed by atoms with Crippen molar-refractivity contribution in [1.29, 1.82) is 0 Å². The average molecular weight is 742 g/mol. The first-order valence-electron chi connectivity index (χ1n) is 14.3. The quantitative estimate of drug-likeness (QED) is 0.158. The van der Waals surface area contributed by atoms with Crippen molar-refractivity contribution in [3.8, 4) is 11.1 Å². The van der Waals surface area contributed by atoms with Gasteiger partial charge in [-0.25, -0.2) is 12.2 Å². The Morgan fingerprint density at radius 1 is 0.727 bits per heavy atom. The standard InChI is InChI=1S/C21H25.C13H8Cl2.C5H5.2ClH.Zr/c1-20(2,3)16-7-9-18-14(12-16)11-15-13-17(21(4,5)6)8-10-19(15)18;14-12-5-1-3-10(8-12)7-11-4-2-6-13(15)9-11;1-2-4-5-3-1;;;/h7-10,12H,11H2,1-6H3;1-6,8-9H;1-3H,4H2;2*1H;/q-1;;-1;;;+2. The first kappa shape index (κ1) is 38.5. The van der Waals surface area contributed by atoms with E-state index in [1.807, 2.05) is 48.6 Å². The zero-order chi connectivity index (χ0) is 30.5. The van der Waals surface area contributed by atoms with Crippen molar-refractivity contribution in [2.45, 2.75) is 65.2 Å². The van der Waals surface area contributed by atoms with Gasteiger partial charge in [0.25, 0.3) is 0 Å². The molecule has 6 rings (SSSR count). The number of hydrogen-bond donors (Lipinski definition) is 0. The summed E-state index contributed by atoms with van der Waals surface area (Å²) in [5.41, 5.74) is 11.0. The van der Waals surface area contributed by atoms with Gasteiger partial charge < -0.3 is 0 Å². The van der Waals surface area contributed by atoms with E-state index in [1.54, 1.807) is 0 Å². The molecule has 44 heavy (non-hydrogen) atoms.